The Morgan fingerprint density at radius 2 is 1.95 bits per heavy atom. The summed E-state index contributed by atoms with van der Waals surface area (Å²) in [4.78, 5) is 8.28. The molecule has 0 amide bonds. The fourth-order valence-electron chi connectivity index (χ4n) is 1.86. The molecule has 0 fully saturated rings. The van der Waals surface area contributed by atoms with Crippen LogP contribution in [-0.2, 0) is 0 Å². The Balaban J connectivity index is 2.40. The summed E-state index contributed by atoms with van der Waals surface area (Å²) >= 11 is 0. The lowest BCUT2D eigenvalue weighted by Gasteiger charge is -2.06. The van der Waals surface area contributed by atoms with Crippen LogP contribution in [0.2, 0.25) is 0 Å². The van der Waals surface area contributed by atoms with Gasteiger partial charge in [-0.25, -0.2) is 0 Å². The topological polar surface area (TPSA) is 34.5 Å². The number of benzene rings is 1. The molecule has 1 aromatic carbocycles. The predicted molar refractivity (Wildman–Crippen MR) is 83.9 cm³/mol. The number of aromatic nitrogens is 1. The molecular weight excluding hydrogens is 248 g/mol. The number of allylic oxidation sites excluding steroid dienone is 2. The summed E-state index contributed by atoms with van der Waals surface area (Å²) in [5, 5.41) is 0. The van der Waals surface area contributed by atoms with E-state index < -0.39 is 0 Å². The number of aliphatic imine (C=N–C) groups is 1. The zero-order chi connectivity index (χ0) is 14.4. The molecule has 0 unspecified atom stereocenters. The van der Waals surface area contributed by atoms with E-state index in [9.17, 15) is 0 Å². The van der Waals surface area contributed by atoms with Gasteiger partial charge in [0.15, 0.2) is 0 Å². The van der Waals surface area contributed by atoms with E-state index in [4.69, 9.17) is 4.74 Å². The Kier molecular flexibility index (Phi) is 4.45. The average Bonchev–Trinajstić information content (AvgIpc) is 2.53. The standard InChI is InChI=1S/C17H16N2O/c1-4-5-16(18-2)17-12-14(10-11-19-17)13-6-8-15(20-3)9-7-13/h4-12H,1-2H2,3H3/b16-5-. The molecule has 0 atom stereocenters. The maximum atomic E-state index is 5.16. The zero-order valence-electron chi connectivity index (χ0n) is 11.4. The quantitative estimate of drug-likeness (QED) is 0.604. The predicted octanol–water partition coefficient (Wildman–Crippen LogP) is 3.98. The van der Waals surface area contributed by atoms with E-state index in [1.807, 2.05) is 36.4 Å². The van der Waals surface area contributed by atoms with Crippen molar-refractivity contribution in [2.45, 2.75) is 0 Å². The van der Waals surface area contributed by atoms with Crippen molar-refractivity contribution < 1.29 is 4.74 Å². The normalized spacial score (nSPS) is 10.9. The monoisotopic (exact) mass is 264 g/mol. The lowest BCUT2D eigenvalue weighted by molar-refractivity contribution is 0.415. The molecule has 1 heterocycles. The number of rotatable bonds is 5. The first kappa shape index (κ1) is 13.7. The Bertz CT molecular complexity index is 642. The van der Waals surface area contributed by atoms with Crippen LogP contribution in [0.1, 0.15) is 5.69 Å². The Hall–Kier alpha value is -2.68. The molecule has 1 aromatic heterocycles. The first-order valence-electron chi connectivity index (χ1n) is 6.18. The molecular formula is C17H16N2O. The Morgan fingerprint density at radius 3 is 2.55 bits per heavy atom. The first-order valence-corrected chi connectivity index (χ1v) is 6.18. The van der Waals surface area contributed by atoms with Crippen LogP contribution in [-0.4, -0.2) is 18.8 Å². The highest BCUT2D eigenvalue weighted by atomic mass is 16.5. The summed E-state index contributed by atoms with van der Waals surface area (Å²) in [5.74, 6) is 0.836. The van der Waals surface area contributed by atoms with E-state index in [1.54, 1.807) is 25.5 Å². The minimum Gasteiger partial charge on any atom is -0.497 e. The summed E-state index contributed by atoms with van der Waals surface area (Å²) in [6, 6.07) is 11.8. The smallest absolute Gasteiger partial charge is 0.118 e. The van der Waals surface area contributed by atoms with Crippen molar-refractivity contribution in [1.29, 1.82) is 0 Å². The molecule has 0 aliphatic carbocycles. The van der Waals surface area contributed by atoms with Crippen LogP contribution in [0.15, 0.2) is 66.3 Å². The van der Waals surface area contributed by atoms with Crippen LogP contribution in [0.5, 0.6) is 5.75 Å². The van der Waals surface area contributed by atoms with Gasteiger partial charge in [0.2, 0.25) is 0 Å². The van der Waals surface area contributed by atoms with Gasteiger partial charge in [-0.2, -0.15) is 0 Å². The van der Waals surface area contributed by atoms with Gasteiger partial charge < -0.3 is 4.74 Å². The average molecular weight is 264 g/mol. The fraction of sp³-hybridized carbons (Fsp3) is 0.0588. The third kappa shape index (κ3) is 3.01. The molecule has 0 saturated carbocycles. The highest BCUT2D eigenvalue weighted by molar-refractivity contribution is 5.72. The Labute approximate surface area is 119 Å². The molecule has 0 saturated heterocycles. The first-order chi connectivity index (χ1) is 9.78. The van der Waals surface area contributed by atoms with Crippen molar-refractivity contribution in [2.24, 2.45) is 4.99 Å². The van der Waals surface area contributed by atoms with Gasteiger partial charge in [0.1, 0.15) is 5.75 Å². The second-order valence-electron chi connectivity index (χ2n) is 4.10. The van der Waals surface area contributed by atoms with E-state index in [2.05, 4.69) is 23.3 Å². The third-order valence-corrected chi connectivity index (χ3v) is 2.89. The van der Waals surface area contributed by atoms with Crippen molar-refractivity contribution in [3.8, 4) is 16.9 Å². The number of methoxy groups -OCH3 is 1. The van der Waals surface area contributed by atoms with Gasteiger partial charge in [-0.05, 0) is 48.2 Å². The number of hydrogen-bond acceptors (Lipinski definition) is 3. The van der Waals surface area contributed by atoms with Crippen LogP contribution < -0.4 is 4.74 Å². The minimum absolute atomic E-state index is 0.704. The number of pyridine rings is 1. The van der Waals surface area contributed by atoms with Gasteiger partial charge >= 0.3 is 0 Å². The summed E-state index contributed by atoms with van der Waals surface area (Å²) in [6.07, 6.45) is 5.22. The largest absolute Gasteiger partial charge is 0.497 e. The van der Waals surface area contributed by atoms with Crippen LogP contribution in [0.25, 0.3) is 16.8 Å². The van der Waals surface area contributed by atoms with Gasteiger partial charge in [-0.3, -0.25) is 9.98 Å². The van der Waals surface area contributed by atoms with Crippen molar-refractivity contribution >= 4 is 12.4 Å². The molecule has 0 aliphatic rings. The number of hydrogen-bond donors (Lipinski definition) is 0. The maximum Gasteiger partial charge on any atom is 0.118 e. The van der Waals surface area contributed by atoms with E-state index >= 15 is 0 Å². The molecule has 20 heavy (non-hydrogen) atoms. The van der Waals surface area contributed by atoms with E-state index in [-0.39, 0.29) is 0 Å². The fourth-order valence-corrected chi connectivity index (χ4v) is 1.86. The van der Waals surface area contributed by atoms with Crippen LogP contribution in [0.4, 0.5) is 0 Å². The van der Waals surface area contributed by atoms with E-state index in [0.29, 0.717) is 5.70 Å². The molecule has 3 heteroatoms. The van der Waals surface area contributed by atoms with Crippen molar-refractivity contribution in [3.63, 3.8) is 0 Å². The van der Waals surface area contributed by atoms with Gasteiger partial charge in [-0.15, -0.1) is 0 Å². The molecule has 0 N–H and O–H groups in total. The molecule has 0 bridgehead atoms. The summed E-state index contributed by atoms with van der Waals surface area (Å²) in [6.45, 7) is 7.23. The zero-order valence-corrected chi connectivity index (χ0v) is 11.4. The highest BCUT2D eigenvalue weighted by Crippen LogP contribution is 2.24. The van der Waals surface area contributed by atoms with Crippen molar-refractivity contribution in [3.05, 3.63) is 67.0 Å². The number of nitrogens with zero attached hydrogens (tertiary/aromatic N) is 2. The van der Waals surface area contributed by atoms with E-state index in [1.165, 1.54) is 0 Å². The second kappa shape index (κ2) is 6.48. The summed E-state index contributed by atoms with van der Waals surface area (Å²) in [7, 11) is 1.65. The molecule has 0 spiro atoms. The maximum absolute atomic E-state index is 5.16. The molecule has 3 nitrogen and oxygen atoms in total. The SMILES string of the molecule is C=C/C=C(\N=C)c1cc(-c2ccc(OC)cc2)ccn1. The minimum atomic E-state index is 0.704. The van der Waals surface area contributed by atoms with Crippen LogP contribution >= 0.6 is 0 Å². The van der Waals surface area contributed by atoms with Crippen molar-refractivity contribution in [2.75, 3.05) is 7.11 Å². The van der Waals surface area contributed by atoms with Gasteiger partial charge in [0.25, 0.3) is 0 Å². The van der Waals surface area contributed by atoms with Gasteiger partial charge in [0, 0.05) is 6.20 Å². The lowest BCUT2D eigenvalue weighted by atomic mass is 10.1. The van der Waals surface area contributed by atoms with Crippen LogP contribution in [0, 0.1) is 0 Å². The van der Waals surface area contributed by atoms with Gasteiger partial charge in [-0.1, -0.05) is 24.8 Å². The molecule has 100 valence electrons. The number of ether oxygens (including phenoxy) is 1. The third-order valence-electron chi connectivity index (χ3n) is 2.89. The molecule has 0 radical (unpaired) electrons. The highest BCUT2D eigenvalue weighted by Gasteiger charge is 2.04. The second-order valence-corrected chi connectivity index (χ2v) is 4.10. The molecule has 2 rings (SSSR count). The summed E-state index contributed by atoms with van der Waals surface area (Å²) < 4.78 is 5.16. The molecule has 2 aromatic rings. The molecule has 0 aliphatic heterocycles. The Morgan fingerprint density at radius 1 is 1.20 bits per heavy atom. The van der Waals surface area contributed by atoms with Gasteiger partial charge in [0.05, 0.1) is 18.5 Å². The van der Waals surface area contributed by atoms with Crippen molar-refractivity contribution in [1.82, 2.24) is 4.98 Å². The lowest BCUT2D eigenvalue weighted by Crippen LogP contribution is -1.88. The summed E-state index contributed by atoms with van der Waals surface area (Å²) in [5.41, 5.74) is 3.64. The van der Waals surface area contributed by atoms with Crippen LogP contribution in [0.3, 0.4) is 0 Å². The van der Waals surface area contributed by atoms with E-state index in [0.717, 1.165) is 22.6 Å².